The van der Waals surface area contributed by atoms with Crippen molar-refractivity contribution in [2.45, 2.75) is 12.5 Å². The van der Waals surface area contributed by atoms with Gasteiger partial charge in [0.05, 0.1) is 6.10 Å². The lowest BCUT2D eigenvalue weighted by molar-refractivity contribution is 0.139. The zero-order valence-electron chi connectivity index (χ0n) is 12.7. The van der Waals surface area contributed by atoms with Crippen molar-refractivity contribution in [3.05, 3.63) is 54.4 Å². The third kappa shape index (κ3) is 3.81. The molecule has 1 aliphatic heterocycles. The van der Waals surface area contributed by atoms with Crippen molar-refractivity contribution in [1.82, 2.24) is 14.9 Å². The topological polar surface area (TPSA) is 52.5 Å². The number of aliphatic hydroxyl groups is 1. The molecule has 2 aromatic rings. The molecule has 22 heavy (non-hydrogen) atoms. The highest BCUT2D eigenvalue weighted by atomic mass is 16.3. The Bertz CT molecular complexity index is 555. The minimum atomic E-state index is -0.378. The molecular weight excluding hydrogens is 276 g/mol. The van der Waals surface area contributed by atoms with Crippen LogP contribution in [0.5, 0.6) is 0 Å². The lowest BCUT2D eigenvalue weighted by Crippen LogP contribution is -2.47. The van der Waals surface area contributed by atoms with Gasteiger partial charge in [-0.05, 0) is 18.1 Å². The Morgan fingerprint density at radius 3 is 2.32 bits per heavy atom. The van der Waals surface area contributed by atoms with Crippen LogP contribution in [0.3, 0.4) is 0 Å². The fourth-order valence-corrected chi connectivity index (χ4v) is 2.77. The van der Waals surface area contributed by atoms with Crippen molar-refractivity contribution in [3.8, 4) is 0 Å². The molecule has 1 aromatic carbocycles. The van der Waals surface area contributed by atoms with Gasteiger partial charge in [0.2, 0.25) is 5.95 Å². The van der Waals surface area contributed by atoms with Crippen LogP contribution in [0.15, 0.2) is 48.8 Å². The summed E-state index contributed by atoms with van der Waals surface area (Å²) in [7, 11) is 0. The maximum atomic E-state index is 10.2. The standard InChI is InChI=1S/C17H22N4O/c22-16(15-5-2-1-3-6-15)7-10-20-11-13-21(14-12-20)17-18-8-4-9-19-17/h1-6,8-9,16,22H,7,10-14H2/t16-/m0/s1. The van der Waals surface area contributed by atoms with Gasteiger partial charge in [-0.15, -0.1) is 0 Å². The van der Waals surface area contributed by atoms with Crippen molar-refractivity contribution in [2.24, 2.45) is 0 Å². The van der Waals surface area contributed by atoms with E-state index in [0.29, 0.717) is 0 Å². The summed E-state index contributed by atoms with van der Waals surface area (Å²) in [6.07, 6.45) is 3.96. The largest absolute Gasteiger partial charge is 0.388 e. The summed E-state index contributed by atoms with van der Waals surface area (Å²) in [6.45, 7) is 4.76. The molecule has 0 aliphatic carbocycles. The SMILES string of the molecule is O[C@@H](CCN1CCN(c2ncccn2)CC1)c1ccccc1. The Kier molecular flexibility index (Phi) is 4.98. The van der Waals surface area contributed by atoms with E-state index in [1.165, 1.54) is 0 Å². The van der Waals surface area contributed by atoms with Crippen LogP contribution >= 0.6 is 0 Å². The van der Waals surface area contributed by atoms with Gasteiger partial charge in [-0.2, -0.15) is 0 Å². The normalized spacial score (nSPS) is 17.4. The first-order valence-electron chi connectivity index (χ1n) is 7.80. The highest BCUT2D eigenvalue weighted by Crippen LogP contribution is 2.17. The van der Waals surface area contributed by atoms with Crippen LogP contribution in [0.4, 0.5) is 5.95 Å². The van der Waals surface area contributed by atoms with Crippen molar-refractivity contribution in [1.29, 1.82) is 0 Å². The molecule has 0 bridgehead atoms. The van der Waals surface area contributed by atoms with E-state index in [4.69, 9.17) is 0 Å². The van der Waals surface area contributed by atoms with Crippen LogP contribution in [0.25, 0.3) is 0 Å². The molecule has 0 saturated carbocycles. The zero-order chi connectivity index (χ0) is 15.2. The van der Waals surface area contributed by atoms with Gasteiger partial charge >= 0.3 is 0 Å². The molecule has 0 radical (unpaired) electrons. The van der Waals surface area contributed by atoms with Crippen LogP contribution in [-0.4, -0.2) is 52.7 Å². The lowest BCUT2D eigenvalue weighted by Gasteiger charge is -2.35. The minimum Gasteiger partial charge on any atom is -0.388 e. The monoisotopic (exact) mass is 298 g/mol. The molecule has 1 N–H and O–H groups in total. The summed E-state index contributed by atoms with van der Waals surface area (Å²) in [6, 6.07) is 11.7. The fraction of sp³-hybridized carbons (Fsp3) is 0.412. The Hall–Kier alpha value is -1.98. The fourth-order valence-electron chi connectivity index (χ4n) is 2.77. The summed E-state index contributed by atoms with van der Waals surface area (Å²) >= 11 is 0. The molecule has 0 spiro atoms. The van der Waals surface area contributed by atoms with Gasteiger partial charge < -0.3 is 10.0 Å². The Morgan fingerprint density at radius 1 is 0.955 bits per heavy atom. The molecule has 3 rings (SSSR count). The van der Waals surface area contributed by atoms with E-state index in [9.17, 15) is 5.11 Å². The molecule has 0 unspecified atom stereocenters. The minimum absolute atomic E-state index is 0.378. The number of aliphatic hydroxyl groups excluding tert-OH is 1. The van der Waals surface area contributed by atoms with Crippen LogP contribution in [0.1, 0.15) is 18.1 Å². The molecular formula is C17H22N4O. The van der Waals surface area contributed by atoms with E-state index in [2.05, 4.69) is 19.8 Å². The number of hydrogen-bond donors (Lipinski definition) is 1. The predicted octanol–water partition coefficient (Wildman–Crippen LogP) is 1.72. The first-order valence-corrected chi connectivity index (χ1v) is 7.80. The average Bonchev–Trinajstić information content (AvgIpc) is 2.61. The molecule has 1 aromatic heterocycles. The van der Waals surface area contributed by atoms with E-state index in [1.54, 1.807) is 12.4 Å². The third-order valence-corrected chi connectivity index (χ3v) is 4.11. The van der Waals surface area contributed by atoms with Gasteiger partial charge in [-0.3, -0.25) is 4.90 Å². The number of aromatic nitrogens is 2. The molecule has 5 heteroatoms. The van der Waals surface area contributed by atoms with E-state index in [-0.39, 0.29) is 6.10 Å². The maximum Gasteiger partial charge on any atom is 0.225 e. The summed E-state index contributed by atoms with van der Waals surface area (Å²) in [5.41, 5.74) is 0.999. The summed E-state index contributed by atoms with van der Waals surface area (Å²) in [5, 5.41) is 10.2. The first kappa shape index (κ1) is 14.9. The molecule has 1 saturated heterocycles. The smallest absolute Gasteiger partial charge is 0.225 e. The second kappa shape index (κ2) is 7.33. The van der Waals surface area contributed by atoms with Crippen LogP contribution in [0.2, 0.25) is 0 Å². The predicted molar refractivity (Wildman–Crippen MR) is 86.7 cm³/mol. The average molecular weight is 298 g/mol. The first-order chi connectivity index (χ1) is 10.8. The lowest BCUT2D eigenvalue weighted by atomic mass is 10.1. The van der Waals surface area contributed by atoms with Crippen molar-refractivity contribution in [2.75, 3.05) is 37.6 Å². The highest BCUT2D eigenvalue weighted by molar-refractivity contribution is 5.29. The van der Waals surface area contributed by atoms with Gasteiger partial charge in [-0.25, -0.2) is 9.97 Å². The Labute approximate surface area is 131 Å². The number of nitrogens with zero attached hydrogens (tertiary/aromatic N) is 4. The summed E-state index contributed by atoms with van der Waals surface area (Å²) < 4.78 is 0. The van der Waals surface area contributed by atoms with Crippen LogP contribution in [-0.2, 0) is 0 Å². The molecule has 0 amide bonds. The number of piperazine rings is 1. The summed E-state index contributed by atoms with van der Waals surface area (Å²) in [5.74, 6) is 0.812. The molecule has 1 atom stereocenters. The van der Waals surface area contributed by atoms with Gasteiger partial charge in [0, 0.05) is 45.1 Å². The van der Waals surface area contributed by atoms with Crippen LogP contribution < -0.4 is 4.90 Å². The van der Waals surface area contributed by atoms with Crippen molar-refractivity contribution in [3.63, 3.8) is 0 Å². The van der Waals surface area contributed by atoms with E-state index in [1.807, 2.05) is 36.4 Å². The second-order valence-corrected chi connectivity index (χ2v) is 5.59. The van der Waals surface area contributed by atoms with Gasteiger partial charge in [0.15, 0.2) is 0 Å². The second-order valence-electron chi connectivity index (χ2n) is 5.59. The van der Waals surface area contributed by atoms with Gasteiger partial charge in [0.1, 0.15) is 0 Å². The van der Waals surface area contributed by atoms with Gasteiger partial charge in [0.25, 0.3) is 0 Å². The van der Waals surface area contributed by atoms with E-state index < -0.39 is 0 Å². The molecule has 1 aliphatic rings. The Balaban J connectivity index is 1.44. The van der Waals surface area contributed by atoms with E-state index in [0.717, 1.165) is 50.7 Å². The third-order valence-electron chi connectivity index (χ3n) is 4.11. The number of hydrogen-bond acceptors (Lipinski definition) is 5. The zero-order valence-corrected chi connectivity index (χ0v) is 12.7. The van der Waals surface area contributed by atoms with Crippen LogP contribution in [0, 0.1) is 0 Å². The number of benzene rings is 1. The molecule has 116 valence electrons. The maximum absolute atomic E-state index is 10.2. The molecule has 1 fully saturated rings. The quantitative estimate of drug-likeness (QED) is 0.911. The number of rotatable bonds is 5. The molecule has 5 nitrogen and oxygen atoms in total. The summed E-state index contributed by atoms with van der Waals surface area (Å²) in [4.78, 5) is 13.2. The van der Waals surface area contributed by atoms with Crippen molar-refractivity contribution >= 4 is 5.95 Å². The van der Waals surface area contributed by atoms with E-state index >= 15 is 0 Å². The van der Waals surface area contributed by atoms with Gasteiger partial charge in [-0.1, -0.05) is 30.3 Å². The number of anilines is 1. The molecule has 2 heterocycles. The highest BCUT2D eigenvalue weighted by Gasteiger charge is 2.19. The Morgan fingerprint density at radius 2 is 1.64 bits per heavy atom. The van der Waals surface area contributed by atoms with Crippen molar-refractivity contribution < 1.29 is 5.11 Å².